The maximum atomic E-state index is 12.2. The summed E-state index contributed by atoms with van der Waals surface area (Å²) in [5.74, 6) is 0.234. The molecular weight excluding hydrogens is 364 g/mol. The van der Waals surface area contributed by atoms with E-state index in [0.29, 0.717) is 17.3 Å². The van der Waals surface area contributed by atoms with Crippen LogP contribution >= 0.6 is 11.3 Å². The van der Waals surface area contributed by atoms with Gasteiger partial charge in [-0.05, 0) is 43.7 Å². The molecule has 0 unspecified atom stereocenters. The number of carbonyl (C=O) groups excluding carboxylic acids is 1. The van der Waals surface area contributed by atoms with E-state index in [4.69, 9.17) is 9.47 Å². The van der Waals surface area contributed by atoms with Crippen LogP contribution in [0, 0.1) is 13.8 Å². The number of rotatable bonds is 6. The van der Waals surface area contributed by atoms with E-state index in [-0.39, 0.29) is 5.88 Å². The van der Waals surface area contributed by atoms with E-state index in [0.717, 1.165) is 22.0 Å². The highest BCUT2D eigenvalue weighted by Crippen LogP contribution is 2.34. The summed E-state index contributed by atoms with van der Waals surface area (Å²) < 4.78 is 10.6. The van der Waals surface area contributed by atoms with Crippen LogP contribution in [0.25, 0.3) is 0 Å². The first-order chi connectivity index (χ1) is 13.0. The van der Waals surface area contributed by atoms with E-state index in [1.807, 2.05) is 38.1 Å². The Morgan fingerprint density at radius 2 is 2.04 bits per heavy atom. The highest BCUT2D eigenvalue weighted by Gasteiger charge is 2.15. The molecule has 140 valence electrons. The van der Waals surface area contributed by atoms with Gasteiger partial charge in [0.2, 0.25) is 0 Å². The first-order valence-electron chi connectivity index (χ1n) is 8.27. The Hall–Kier alpha value is -2.97. The highest BCUT2D eigenvalue weighted by atomic mass is 32.1. The molecule has 1 aromatic carbocycles. The van der Waals surface area contributed by atoms with Gasteiger partial charge in [-0.25, -0.2) is 9.78 Å². The maximum absolute atomic E-state index is 12.2. The fourth-order valence-corrected chi connectivity index (χ4v) is 3.21. The fourth-order valence-electron chi connectivity index (χ4n) is 2.45. The third-order valence-corrected chi connectivity index (χ3v) is 4.40. The molecule has 3 rings (SSSR count). The molecule has 0 bridgehead atoms. The molecule has 3 aromatic rings. The number of hydrogen-bond acceptors (Lipinski definition) is 7. The largest absolute Gasteiger partial charge is 0.418 e. The second-order valence-electron chi connectivity index (χ2n) is 5.83. The summed E-state index contributed by atoms with van der Waals surface area (Å²) in [6.45, 7) is 4.22. The Bertz CT molecular complexity index is 942. The van der Waals surface area contributed by atoms with E-state index in [1.165, 1.54) is 11.3 Å². The Kier molecular flexibility index (Phi) is 6.00. The summed E-state index contributed by atoms with van der Waals surface area (Å²) in [7, 11) is 1.65. The molecule has 2 heterocycles. The lowest BCUT2D eigenvalue weighted by Gasteiger charge is -2.09. The van der Waals surface area contributed by atoms with Crippen molar-refractivity contribution in [2.45, 2.75) is 20.5 Å². The predicted molar refractivity (Wildman–Crippen MR) is 106 cm³/mol. The topological polar surface area (TPSA) is 85.4 Å². The summed E-state index contributed by atoms with van der Waals surface area (Å²) in [6, 6.07) is 11.3. The molecule has 7 nitrogen and oxygen atoms in total. The number of aromatic nitrogens is 2. The summed E-state index contributed by atoms with van der Waals surface area (Å²) in [6.07, 6.45) is 1.01. The van der Waals surface area contributed by atoms with Gasteiger partial charge >= 0.3 is 6.09 Å². The zero-order valence-electron chi connectivity index (χ0n) is 15.3. The van der Waals surface area contributed by atoms with Crippen molar-refractivity contribution >= 4 is 33.8 Å². The third-order valence-electron chi connectivity index (χ3n) is 3.53. The van der Waals surface area contributed by atoms with Crippen LogP contribution in [0.1, 0.15) is 16.3 Å². The van der Waals surface area contributed by atoms with E-state index in [2.05, 4.69) is 20.6 Å². The van der Waals surface area contributed by atoms with Crippen LogP contribution in [0.2, 0.25) is 0 Å². The minimum atomic E-state index is -0.609. The summed E-state index contributed by atoms with van der Waals surface area (Å²) in [5, 5.41) is 7.37. The van der Waals surface area contributed by atoms with Crippen molar-refractivity contribution in [2.75, 3.05) is 17.7 Å². The molecular formula is C19H20N4O3S. The zero-order valence-corrected chi connectivity index (χ0v) is 16.1. The van der Waals surface area contributed by atoms with Crippen LogP contribution in [0.4, 0.5) is 21.2 Å². The van der Waals surface area contributed by atoms with Crippen molar-refractivity contribution in [2.24, 2.45) is 0 Å². The SMILES string of the molecule is COCc1cccc(Nc2sc(C)nc2OC(=O)Nc2ccnc(C)c2)c1. The number of carbonyl (C=O) groups is 1. The maximum Gasteiger partial charge on any atom is 0.418 e. The molecule has 0 fully saturated rings. The number of nitrogens with zero attached hydrogens (tertiary/aromatic N) is 2. The van der Waals surface area contributed by atoms with Gasteiger partial charge in [0, 0.05) is 30.4 Å². The molecule has 0 aliphatic rings. The molecule has 8 heteroatoms. The molecule has 0 aliphatic heterocycles. The van der Waals surface area contributed by atoms with Crippen LogP contribution < -0.4 is 15.4 Å². The molecule has 2 aromatic heterocycles. The number of nitrogens with one attached hydrogen (secondary N) is 2. The monoisotopic (exact) mass is 384 g/mol. The highest BCUT2D eigenvalue weighted by molar-refractivity contribution is 7.16. The average molecular weight is 384 g/mol. The number of hydrogen-bond donors (Lipinski definition) is 2. The van der Waals surface area contributed by atoms with Crippen LogP contribution in [0.5, 0.6) is 5.88 Å². The molecule has 0 spiro atoms. The molecule has 1 amide bonds. The molecule has 2 N–H and O–H groups in total. The Labute approximate surface area is 161 Å². The second-order valence-corrected chi connectivity index (χ2v) is 7.03. The van der Waals surface area contributed by atoms with Crippen molar-refractivity contribution in [3.8, 4) is 5.88 Å². The van der Waals surface area contributed by atoms with Crippen LogP contribution in [-0.2, 0) is 11.3 Å². The standard InChI is InChI=1S/C19H20N4O3S/c1-12-9-16(7-8-20-12)23-19(24)26-17-18(27-13(2)21-17)22-15-6-4-5-14(10-15)11-25-3/h4-10,22H,11H2,1-3H3,(H,20,23,24). The molecule has 0 radical (unpaired) electrons. The minimum absolute atomic E-state index is 0.234. The Morgan fingerprint density at radius 1 is 1.19 bits per heavy atom. The number of pyridine rings is 1. The van der Waals surface area contributed by atoms with Crippen molar-refractivity contribution in [3.05, 3.63) is 58.9 Å². The lowest BCUT2D eigenvalue weighted by atomic mass is 10.2. The number of amides is 1. The van der Waals surface area contributed by atoms with Gasteiger partial charge in [0.05, 0.1) is 11.6 Å². The fraction of sp³-hybridized carbons (Fsp3) is 0.211. The van der Waals surface area contributed by atoms with Crippen LogP contribution in [0.15, 0.2) is 42.6 Å². The second kappa shape index (κ2) is 8.61. The van der Waals surface area contributed by atoms with Gasteiger partial charge in [0.1, 0.15) is 0 Å². The van der Waals surface area contributed by atoms with Crippen molar-refractivity contribution in [1.29, 1.82) is 0 Å². The molecule has 0 saturated heterocycles. The average Bonchev–Trinajstić information content (AvgIpc) is 2.94. The van der Waals surface area contributed by atoms with Crippen LogP contribution in [0.3, 0.4) is 0 Å². The summed E-state index contributed by atoms with van der Waals surface area (Å²) in [4.78, 5) is 20.6. The Morgan fingerprint density at radius 3 is 2.81 bits per heavy atom. The van der Waals surface area contributed by atoms with Gasteiger partial charge in [-0.1, -0.05) is 23.5 Å². The van der Waals surface area contributed by atoms with Crippen molar-refractivity contribution < 1.29 is 14.3 Å². The molecule has 0 aliphatic carbocycles. The van der Waals surface area contributed by atoms with Gasteiger partial charge in [-0.2, -0.15) is 0 Å². The summed E-state index contributed by atoms with van der Waals surface area (Å²) in [5.41, 5.74) is 3.32. The lowest BCUT2D eigenvalue weighted by molar-refractivity contribution is 0.185. The molecule has 0 atom stereocenters. The normalized spacial score (nSPS) is 10.5. The predicted octanol–water partition coefficient (Wildman–Crippen LogP) is 4.66. The number of ether oxygens (including phenoxy) is 2. The van der Waals surface area contributed by atoms with Crippen molar-refractivity contribution in [3.63, 3.8) is 0 Å². The first kappa shape index (κ1) is 18.8. The van der Waals surface area contributed by atoms with E-state index >= 15 is 0 Å². The van der Waals surface area contributed by atoms with Gasteiger partial charge in [0.15, 0.2) is 5.00 Å². The molecule has 27 heavy (non-hydrogen) atoms. The quantitative estimate of drug-likeness (QED) is 0.643. The number of methoxy groups -OCH3 is 1. The van der Waals surface area contributed by atoms with Crippen molar-refractivity contribution in [1.82, 2.24) is 9.97 Å². The van der Waals surface area contributed by atoms with Gasteiger partial charge in [-0.3, -0.25) is 10.3 Å². The zero-order chi connectivity index (χ0) is 19.2. The minimum Gasteiger partial charge on any atom is -0.388 e. The smallest absolute Gasteiger partial charge is 0.388 e. The lowest BCUT2D eigenvalue weighted by Crippen LogP contribution is -2.17. The van der Waals surface area contributed by atoms with E-state index < -0.39 is 6.09 Å². The number of thiazole rings is 1. The number of benzene rings is 1. The van der Waals surface area contributed by atoms with Gasteiger partial charge in [-0.15, -0.1) is 0 Å². The summed E-state index contributed by atoms with van der Waals surface area (Å²) >= 11 is 1.41. The number of aryl methyl sites for hydroxylation is 2. The van der Waals surface area contributed by atoms with E-state index in [1.54, 1.807) is 25.4 Å². The number of anilines is 3. The Balaban J connectivity index is 1.72. The van der Waals surface area contributed by atoms with Crippen LogP contribution in [-0.4, -0.2) is 23.2 Å². The first-order valence-corrected chi connectivity index (χ1v) is 9.09. The third kappa shape index (κ3) is 5.25. The van der Waals surface area contributed by atoms with Gasteiger partial charge < -0.3 is 14.8 Å². The van der Waals surface area contributed by atoms with E-state index in [9.17, 15) is 4.79 Å². The van der Waals surface area contributed by atoms with Gasteiger partial charge in [0.25, 0.3) is 5.88 Å². The molecule has 0 saturated carbocycles.